The van der Waals surface area contributed by atoms with E-state index in [1.807, 2.05) is 0 Å². The predicted octanol–water partition coefficient (Wildman–Crippen LogP) is -11.9. The van der Waals surface area contributed by atoms with Crippen molar-refractivity contribution in [2.45, 2.75) is 203 Å². The van der Waals surface area contributed by atoms with Gasteiger partial charge >= 0.3 is 0 Å². The average Bonchev–Trinajstić information content (AvgIpc) is 3.49. The summed E-state index contributed by atoms with van der Waals surface area (Å²) >= 11 is 0. The van der Waals surface area contributed by atoms with Crippen LogP contribution in [0.25, 0.3) is 20.9 Å². The van der Waals surface area contributed by atoms with Crippen LogP contribution in [0.3, 0.4) is 0 Å². The van der Waals surface area contributed by atoms with E-state index < -0.39 is 224 Å². The second-order valence-electron chi connectivity index (χ2n) is 20.0. The van der Waals surface area contributed by atoms with E-state index in [0.29, 0.717) is 6.54 Å². The summed E-state index contributed by atoms with van der Waals surface area (Å²) in [6, 6.07) is 0. The van der Waals surface area contributed by atoms with Gasteiger partial charge < -0.3 is 159 Å². The quantitative estimate of drug-likeness (QED) is 0.0133. The zero-order valence-corrected chi connectivity index (χ0v) is 45.9. The zero-order valence-electron chi connectivity index (χ0n) is 45.9. The lowest BCUT2D eigenvalue weighted by atomic mass is 9.95. The number of methoxy groups -OCH3 is 1. The van der Waals surface area contributed by atoms with Crippen LogP contribution in [-0.2, 0) is 56.9 Å². The number of unbranched alkanes of at least 4 members (excludes halogenated alkanes) is 1. The van der Waals surface area contributed by atoms with Crippen LogP contribution < -0.4 is 0 Å². The molecule has 0 bridgehead atoms. The molecule has 0 aliphatic carbocycles. The molecule has 0 radical (unpaired) electrons. The SMILES string of the molecule is COCCCCN=[N+]=[N-].CON(CCCN=[N+]=[N-])[C@@H]1OC(CO)[C@@H](O)[C@H](O[C@@H]2OC(CO)[C@@H](O)[C@H](O[C@@H]3OC(CO)[C@@H](O)[C@H](O)C3O)C2O)C1O.OCC1O[C@@H](O[C@@H]2C(O)[C@H](O[C@@H]3C(O)C(O)OC(CO)[C@H]3O)OC(CO)[C@H]2O)C(O)[C@@H](O)[C@@H]1O. The second-order valence-corrected chi connectivity index (χ2v) is 20.0. The van der Waals surface area contributed by atoms with Crippen molar-refractivity contribution in [1.82, 2.24) is 5.06 Å². The van der Waals surface area contributed by atoms with Crippen molar-refractivity contribution in [3.63, 3.8) is 0 Å². The van der Waals surface area contributed by atoms with Gasteiger partial charge in [-0.05, 0) is 30.3 Å². The van der Waals surface area contributed by atoms with Crippen LogP contribution in [0.4, 0.5) is 0 Å². The van der Waals surface area contributed by atoms with Crippen LogP contribution in [0.1, 0.15) is 19.3 Å². The maximum Gasteiger partial charge on any atom is 0.187 e. The van der Waals surface area contributed by atoms with Gasteiger partial charge in [-0.15, -0.1) is 0 Å². The third-order valence-electron chi connectivity index (χ3n) is 14.3. The summed E-state index contributed by atoms with van der Waals surface area (Å²) in [6.45, 7) is -3.15. The Morgan fingerprint density at radius 1 is 0.376 bits per heavy atom. The number of aliphatic hydroxyl groups is 21. The molecule has 496 valence electrons. The summed E-state index contributed by atoms with van der Waals surface area (Å²) in [5.41, 5.74) is 16.3. The number of rotatable bonds is 25. The van der Waals surface area contributed by atoms with E-state index in [1.54, 1.807) is 7.11 Å². The number of nitrogens with zero attached hydrogens (tertiary/aromatic N) is 7. The first-order chi connectivity index (χ1) is 40.5. The van der Waals surface area contributed by atoms with Gasteiger partial charge in [0, 0.05) is 43.2 Å². The first kappa shape index (κ1) is 74.7. The zero-order chi connectivity index (χ0) is 63.4. The first-order valence-electron chi connectivity index (χ1n) is 26.7. The Bertz CT molecular complexity index is 1980. The van der Waals surface area contributed by atoms with E-state index >= 15 is 0 Å². The molecule has 40 nitrogen and oxygen atoms in total. The van der Waals surface area contributed by atoms with E-state index in [0.717, 1.165) is 24.5 Å². The lowest BCUT2D eigenvalue weighted by Gasteiger charge is -2.49. The molecule has 0 spiro atoms. The smallest absolute Gasteiger partial charge is 0.187 e. The van der Waals surface area contributed by atoms with Crippen LogP contribution in [0.15, 0.2) is 10.2 Å². The topological polar surface area (TPSA) is 636 Å². The molecule has 6 aliphatic heterocycles. The molecule has 30 atom stereocenters. The van der Waals surface area contributed by atoms with Crippen molar-refractivity contribution in [2.24, 2.45) is 10.2 Å². The lowest BCUT2D eigenvalue weighted by Crippen LogP contribution is -2.68. The van der Waals surface area contributed by atoms with Gasteiger partial charge in [-0.3, -0.25) is 4.84 Å². The molecule has 6 saturated heterocycles. The molecule has 6 fully saturated rings. The molecular formula is C45H83N7O33. The highest BCUT2D eigenvalue weighted by molar-refractivity contribution is 4.99. The Balaban J connectivity index is 0.000000323. The molecular weight excluding hydrogens is 1170 g/mol. The summed E-state index contributed by atoms with van der Waals surface area (Å²) < 4.78 is 58.6. The fourth-order valence-corrected chi connectivity index (χ4v) is 9.46. The van der Waals surface area contributed by atoms with Gasteiger partial charge in [0.05, 0.1) is 46.8 Å². The van der Waals surface area contributed by atoms with Crippen LogP contribution >= 0.6 is 0 Å². The Morgan fingerprint density at radius 2 is 0.706 bits per heavy atom. The monoisotopic (exact) mass is 1250 g/mol. The Kier molecular flexibility index (Phi) is 32.4. The molecule has 0 amide bonds. The third-order valence-corrected chi connectivity index (χ3v) is 14.3. The molecule has 13 unspecified atom stereocenters. The predicted molar refractivity (Wildman–Crippen MR) is 268 cm³/mol. The van der Waals surface area contributed by atoms with Gasteiger partial charge in [0.25, 0.3) is 0 Å². The minimum Gasteiger partial charge on any atom is -0.394 e. The van der Waals surface area contributed by atoms with Crippen molar-refractivity contribution in [3.8, 4) is 0 Å². The summed E-state index contributed by atoms with van der Waals surface area (Å²) in [5.74, 6) is 0. The molecule has 0 saturated carbocycles. The Labute approximate surface area is 483 Å². The maximum absolute atomic E-state index is 11.1. The number of aliphatic hydroxyl groups excluding tert-OH is 21. The van der Waals surface area contributed by atoms with Gasteiger partial charge in [-0.25, -0.2) is 0 Å². The number of azide groups is 2. The molecule has 40 heteroatoms. The van der Waals surface area contributed by atoms with Gasteiger partial charge in [-0.2, -0.15) is 5.06 Å². The molecule has 85 heavy (non-hydrogen) atoms. The van der Waals surface area contributed by atoms with Gasteiger partial charge in [0.1, 0.15) is 146 Å². The van der Waals surface area contributed by atoms with E-state index in [-0.39, 0.29) is 19.5 Å². The summed E-state index contributed by atoms with van der Waals surface area (Å²) in [4.78, 5) is 10.5. The van der Waals surface area contributed by atoms with Gasteiger partial charge in [0.2, 0.25) is 0 Å². The third kappa shape index (κ3) is 19.2. The van der Waals surface area contributed by atoms with Crippen LogP contribution in [0, 0.1) is 0 Å². The molecule has 6 heterocycles. The first-order valence-corrected chi connectivity index (χ1v) is 26.7. The van der Waals surface area contributed by atoms with Crippen molar-refractivity contribution in [2.75, 3.05) is 80.1 Å². The molecule has 0 aromatic rings. The van der Waals surface area contributed by atoms with Crippen LogP contribution in [0.5, 0.6) is 0 Å². The Hall–Kier alpha value is -2.74. The fourth-order valence-electron chi connectivity index (χ4n) is 9.46. The van der Waals surface area contributed by atoms with Crippen molar-refractivity contribution in [3.05, 3.63) is 20.9 Å². The summed E-state index contributed by atoms with van der Waals surface area (Å²) in [7, 11) is 2.92. The maximum atomic E-state index is 11.1. The molecule has 0 aromatic heterocycles. The normalized spacial score (nSPS) is 44.0. The van der Waals surface area contributed by atoms with E-state index in [4.69, 9.17) is 68.0 Å². The Morgan fingerprint density at radius 3 is 1.07 bits per heavy atom. The highest BCUT2D eigenvalue weighted by Gasteiger charge is 2.56. The minimum atomic E-state index is -1.94. The fraction of sp³-hybridized carbons (Fsp3) is 1.00. The largest absolute Gasteiger partial charge is 0.394 e. The molecule has 6 rings (SSSR count). The van der Waals surface area contributed by atoms with Gasteiger partial charge in [-0.1, -0.05) is 10.2 Å². The highest BCUT2D eigenvalue weighted by Crippen LogP contribution is 2.35. The number of hydrogen-bond donors (Lipinski definition) is 21. The number of ether oxygens (including phenoxy) is 11. The van der Waals surface area contributed by atoms with Crippen LogP contribution in [-0.4, -0.2) is 377 Å². The molecule has 21 N–H and O–H groups in total. The highest BCUT2D eigenvalue weighted by atomic mass is 16.8. The number of hydrogen-bond acceptors (Lipinski definition) is 36. The second kappa shape index (κ2) is 36.8. The standard InChI is InChI=1S/C22H40N4O16.C18H32O16.C5H11N3O/c1-37-26(4-2-3-24-25-23)20-16(35)18(12(31)9(6-28)38-20)41-22-17(36)19(13(32)10(7-29)40-22)42-21-15(34)14(33)11(30)8(5-27)39-21;19-1-4-7(22)10(25)11(26)17(31-4)34-15-9(24)6(3-21)32-18(13(15)28)33-14-8(23)5(2-20)30-16(29)12(14)27;1-9-5-3-2-4-7-8-6/h8-22,27-36H,2-7H2,1H3;4-29H,1-3H2;2-5H2,1H3/t8?,9?,10?,11-,12-,13-,14+,15?,16?,17?,18+,19+,20-,21+,22+;4?,5?,6?,7-,8-,9-,10+,11?,12?,13?,14+,15+,16?,17+,18+;/m11./s1. The van der Waals surface area contributed by atoms with E-state index in [9.17, 15) is 107 Å². The average molecular weight is 1250 g/mol. The molecule has 6 aliphatic rings. The number of hydroxylamine groups is 2. The van der Waals surface area contributed by atoms with Crippen LogP contribution in [0.2, 0.25) is 0 Å². The minimum absolute atomic E-state index is 0.0779. The van der Waals surface area contributed by atoms with Gasteiger partial charge in [0.15, 0.2) is 37.7 Å². The summed E-state index contributed by atoms with van der Waals surface area (Å²) in [6.07, 6.45) is -48.3. The van der Waals surface area contributed by atoms with E-state index in [1.165, 1.54) is 7.11 Å². The van der Waals surface area contributed by atoms with Crippen molar-refractivity contribution >= 4 is 0 Å². The molecule has 0 aromatic carbocycles. The lowest BCUT2D eigenvalue weighted by molar-refractivity contribution is -0.384. The van der Waals surface area contributed by atoms with Crippen molar-refractivity contribution in [1.29, 1.82) is 0 Å². The van der Waals surface area contributed by atoms with E-state index in [2.05, 4.69) is 20.1 Å². The van der Waals surface area contributed by atoms with Crippen molar-refractivity contribution < 1.29 is 164 Å². The summed E-state index contributed by atoms with van der Waals surface area (Å²) in [5, 5.41) is 221.